The van der Waals surface area contributed by atoms with E-state index in [-0.39, 0.29) is 17.9 Å². The molecule has 1 saturated heterocycles. The maximum absolute atomic E-state index is 13.4. The zero-order chi connectivity index (χ0) is 23.3. The minimum absolute atomic E-state index is 0.0390. The second-order valence-corrected chi connectivity index (χ2v) is 10.8. The monoisotopic (exact) mass is 494 g/mol. The normalized spacial score (nSPS) is 19.1. The van der Waals surface area contributed by atoms with Crippen LogP contribution in [0.2, 0.25) is 0 Å². The number of carbonyl (C=O) groups excluding carboxylic acids is 2. The van der Waals surface area contributed by atoms with Crippen LogP contribution < -0.4 is 5.32 Å². The van der Waals surface area contributed by atoms with Crippen molar-refractivity contribution in [2.24, 2.45) is 0 Å². The fourth-order valence-electron chi connectivity index (χ4n) is 4.78. The van der Waals surface area contributed by atoms with Crippen LogP contribution in [0.5, 0.6) is 0 Å². The van der Waals surface area contributed by atoms with Crippen LogP contribution in [0.1, 0.15) is 26.9 Å². The number of thiophene rings is 2. The van der Waals surface area contributed by atoms with Gasteiger partial charge in [0.25, 0.3) is 0 Å². The standard InChI is InChI=1S/C26H30N4O2S2/c31-24(27-17-20-5-2-1-3-6-20)18-28-11-13-29(14-12-28)19-25(32)30-10-8-22-21(9-16-34-22)26(30)23-7-4-15-33-23/h1-7,9,15-16,26H,8,10-14,17-19H2,(H,27,31). The molecule has 1 unspecified atom stereocenters. The Morgan fingerprint density at radius 1 is 0.853 bits per heavy atom. The van der Waals surface area contributed by atoms with E-state index in [1.807, 2.05) is 30.3 Å². The van der Waals surface area contributed by atoms with Crippen LogP contribution in [0.3, 0.4) is 0 Å². The Bertz CT molecular complexity index is 1090. The summed E-state index contributed by atoms with van der Waals surface area (Å²) < 4.78 is 0. The van der Waals surface area contributed by atoms with Gasteiger partial charge in [-0.05, 0) is 40.4 Å². The first-order valence-corrected chi connectivity index (χ1v) is 13.6. The third-order valence-corrected chi connectivity index (χ3v) is 8.54. The lowest BCUT2D eigenvalue weighted by molar-refractivity contribution is -0.135. The third-order valence-electron chi connectivity index (χ3n) is 6.62. The van der Waals surface area contributed by atoms with Crippen LogP contribution >= 0.6 is 22.7 Å². The predicted octanol–water partition coefficient (Wildman–Crippen LogP) is 3.22. The van der Waals surface area contributed by atoms with E-state index in [1.54, 1.807) is 22.7 Å². The summed E-state index contributed by atoms with van der Waals surface area (Å²) in [5.41, 5.74) is 2.39. The van der Waals surface area contributed by atoms with Gasteiger partial charge in [-0.3, -0.25) is 19.4 Å². The average molecular weight is 495 g/mol. The number of benzene rings is 1. The van der Waals surface area contributed by atoms with Gasteiger partial charge >= 0.3 is 0 Å². The van der Waals surface area contributed by atoms with Gasteiger partial charge in [0.1, 0.15) is 0 Å². The highest BCUT2D eigenvalue weighted by molar-refractivity contribution is 7.10. The number of rotatable bonds is 7. The number of carbonyl (C=O) groups is 2. The average Bonchev–Trinajstić information content (AvgIpc) is 3.56. The van der Waals surface area contributed by atoms with Crippen molar-refractivity contribution in [2.45, 2.75) is 19.0 Å². The third kappa shape index (κ3) is 5.41. The highest BCUT2D eigenvalue weighted by Gasteiger charge is 2.34. The number of piperazine rings is 1. The molecule has 8 heteroatoms. The molecule has 0 radical (unpaired) electrons. The van der Waals surface area contributed by atoms with E-state index in [2.05, 4.69) is 49.0 Å². The van der Waals surface area contributed by atoms with E-state index < -0.39 is 0 Å². The molecular formula is C26H30N4O2S2. The van der Waals surface area contributed by atoms with Gasteiger partial charge < -0.3 is 10.2 Å². The molecule has 2 aliphatic rings. The smallest absolute Gasteiger partial charge is 0.237 e. The van der Waals surface area contributed by atoms with E-state index in [4.69, 9.17) is 0 Å². The second kappa shape index (κ2) is 10.8. The molecular weight excluding hydrogens is 464 g/mol. The van der Waals surface area contributed by atoms with Gasteiger partial charge in [0.2, 0.25) is 11.8 Å². The minimum atomic E-state index is 0.0390. The van der Waals surface area contributed by atoms with Gasteiger partial charge in [-0.25, -0.2) is 0 Å². The van der Waals surface area contributed by atoms with Crippen molar-refractivity contribution in [1.29, 1.82) is 0 Å². The summed E-state index contributed by atoms with van der Waals surface area (Å²) in [5.74, 6) is 0.247. The quantitative estimate of drug-likeness (QED) is 0.548. The molecule has 5 rings (SSSR count). The molecule has 1 aromatic carbocycles. The van der Waals surface area contributed by atoms with Gasteiger partial charge in [-0.2, -0.15) is 0 Å². The minimum Gasteiger partial charge on any atom is -0.351 e. The molecule has 1 atom stereocenters. The molecule has 0 saturated carbocycles. The fourth-order valence-corrected chi connectivity index (χ4v) is 6.54. The summed E-state index contributed by atoms with van der Waals surface area (Å²) in [6.07, 6.45) is 0.937. The highest BCUT2D eigenvalue weighted by Crippen LogP contribution is 2.39. The van der Waals surface area contributed by atoms with Crippen molar-refractivity contribution in [2.75, 3.05) is 45.8 Å². The summed E-state index contributed by atoms with van der Waals surface area (Å²) in [6.45, 7) is 5.39. The Morgan fingerprint density at radius 2 is 1.62 bits per heavy atom. The van der Waals surface area contributed by atoms with Crippen LogP contribution in [0, 0.1) is 0 Å². The maximum Gasteiger partial charge on any atom is 0.237 e. The van der Waals surface area contributed by atoms with Gasteiger partial charge in [0.05, 0.1) is 19.1 Å². The Hall–Kier alpha value is -2.52. The second-order valence-electron chi connectivity index (χ2n) is 8.87. The van der Waals surface area contributed by atoms with Gasteiger partial charge in [0, 0.05) is 49.0 Å². The Balaban J connectivity index is 1.11. The largest absolute Gasteiger partial charge is 0.351 e. The van der Waals surface area contributed by atoms with Crippen molar-refractivity contribution >= 4 is 34.5 Å². The van der Waals surface area contributed by atoms with E-state index in [9.17, 15) is 9.59 Å². The van der Waals surface area contributed by atoms with Crippen LogP contribution in [-0.4, -0.2) is 72.3 Å². The van der Waals surface area contributed by atoms with Gasteiger partial charge in [-0.1, -0.05) is 36.4 Å². The first-order chi connectivity index (χ1) is 16.7. The molecule has 34 heavy (non-hydrogen) atoms. The number of hydrogen-bond donors (Lipinski definition) is 1. The molecule has 2 aromatic heterocycles. The molecule has 0 bridgehead atoms. The maximum atomic E-state index is 13.4. The van der Waals surface area contributed by atoms with Gasteiger partial charge in [-0.15, -0.1) is 22.7 Å². The van der Waals surface area contributed by atoms with Crippen molar-refractivity contribution < 1.29 is 9.59 Å². The molecule has 3 aromatic rings. The van der Waals surface area contributed by atoms with Crippen LogP contribution in [-0.2, 0) is 22.6 Å². The molecule has 2 aliphatic heterocycles. The summed E-state index contributed by atoms with van der Waals surface area (Å²) in [7, 11) is 0. The van der Waals surface area contributed by atoms with E-state index in [0.29, 0.717) is 19.6 Å². The van der Waals surface area contributed by atoms with Crippen LogP contribution in [0.25, 0.3) is 0 Å². The SMILES string of the molecule is O=C(CN1CCN(CC(=O)N2CCc3sccc3C2c2cccs2)CC1)NCc1ccccc1. The van der Waals surface area contributed by atoms with Crippen LogP contribution in [0.4, 0.5) is 0 Å². The Labute approximate surface area is 208 Å². The molecule has 2 amide bonds. The molecule has 0 aliphatic carbocycles. The van der Waals surface area contributed by atoms with E-state index in [1.165, 1.54) is 15.3 Å². The summed E-state index contributed by atoms with van der Waals surface area (Å²) in [4.78, 5) is 34.9. The Morgan fingerprint density at radius 3 is 2.35 bits per heavy atom. The summed E-state index contributed by atoms with van der Waals surface area (Å²) >= 11 is 3.53. The van der Waals surface area contributed by atoms with Crippen molar-refractivity contribution in [3.05, 3.63) is 80.2 Å². The predicted molar refractivity (Wildman–Crippen MR) is 137 cm³/mol. The molecule has 1 fully saturated rings. The number of amides is 2. The first-order valence-electron chi connectivity index (χ1n) is 11.8. The van der Waals surface area contributed by atoms with Crippen molar-refractivity contribution in [3.63, 3.8) is 0 Å². The number of nitrogens with one attached hydrogen (secondary N) is 1. The van der Waals surface area contributed by atoms with Gasteiger partial charge in [0.15, 0.2) is 0 Å². The van der Waals surface area contributed by atoms with E-state index >= 15 is 0 Å². The van der Waals surface area contributed by atoms with Crippen molar-refractivity contribution in [1.82, 2.24) is 20.0 Å². The number of nitrogens with zero attached hydrogens (tertiary/aromatic N) is 3. The number of hydrogen-bond acceptors (Lipinski definition) is 6. The lowest BCUT2D eigenvalue weighted by Gasteiger charge is -2.38. The van der Waals surface area contributed by atoms with Crippen molar-refractivity contribution in [3.8, 4) is 0 Å². The summed E-state index contributed by atoms with van der Waals surface area (Å²) in [6, 6.07) is 16.4. The summed E-state index contributed by atoms with van der Waals surface area (Å²) in [5, 5.41) is 7.24. The fraction of sp³-hybridized carbons (Fsp3) is 0.385. The molecule has 6 nitrogen and oxygen atoms in total. The Kier molecular flexibility index (Phi) is 7.39. The molecule has 178 valence electrons. The number of fused-ring (bicyclic) bond motifs is 1. The molecule has 4 heterocycles. The lowest BCUT2D eigenvalue weighted by Crippen LogP contribution is -2.52. The van der Waals surface area contributed by atoms with E-state index in [0.717, 1.165) is 44.7 Å². The topological polar surface area (TPSA) is 55.9 Å². The molecule has 1 N–H and O–H groups in total. The zero-order valence-electron chi connectivity index (χ0n) is 19.2. The molecule has 0 spiro atoms. The van der Waals surface area contributed by atoms with Crippen LogP contribution in [0.15, 0.2) is 59.3 Å². The highest BCUT2D eigenvalue weighted by atomic mass is 32.1. The first kappa shape index (κ1) is 23.2. The zero-order valence-corrected chi connectivity index (χ0v) is 20.8. The lowest BCUT2D eigenvalue weighted by atomic mass is 9.98.